The molecule has 0 amide bonds. The second-order valence-electron chi connectivity index (χ2n) is 9.49. The molecule has 2 heterocycles. The number of H-pyrrole nitrogens is 1. The van der Waals surface area contributed by atoms with E-state index >= 15 is 0 Å². The first-order valence-electron chi connectivity index (χ1n) is 12.5. The number of esters is 1. The van der Waals surface area contributed by atoms with Gasteiger partial charge in [0.05, 0.1) is 35.7 Å². The zero-order chi connectivity index (χ0) is 26.8. The fourth-order valence-corrected chi connectivity index (χ4v) is 4.87. The SMILES string of the molecule is COC(=O)c1ccc2c(C(=Nc3ccc(C(=O)C4NCCN(C)[C@H]4C)cc3)c3ccccc3)c(O)[nH]c2c1. The van der Waals surface area contributed by atoms with Crippen LogP contribution in [0.2, 0.25) is 0 Å². The molecule has 1 unspecified atom stereocenters. The molecule has 1 aliphatic rings. The number of ether oxygens (including phenoxy) is 1. The van der Waals surface area contributed by atoms with Crippen LogP contribution in [0.3, 0.4) is 0 Å². The number of ketones is 1. The summed E-state index contributed by atoms with van der Waals surface area (Å²) in [7, 11) is 3.36. The lowest BCUT2D eigenvalue weighted by molar-refractivity contribution is 0.0600. The number of carbonyl (C=O) groups excluding carboxylic acids is 2. The van der Waals surface area contributed by atoms with Gasteiger partial charge in [-0.05, 0) is 50.4 Å². The minimum Gasteiger partial charge on any atom is -0.494 e. The Balaban J connectivity index is 1.54. The summed E-state index contributed by atoms with van der Waals surface area (Å²) in [4.78, 5) is 35.2. The molecule has 0 bridgehead atoms. The van der Waals surface area contributed by atoms with Crippen molar-refractivity contribution in [2.75, 3.05) is 27.2 Å². The second-order valence-corrected chi connectivity index (χ2v) is 9.49. The highest BCUT2D eigenvalue weighted by Gasteiger charge is 2.31. The number of aliphatic imine (C=N–C) groups is 1. The molecule has 194 valence electrons. The molecule has 38 heavy (non-hydrogen) atoms. The number of aromatic hydroxyl groups is 1. The van der Waals surface area contributed by atoms with Crippen molar-refractivity contribution in [1.29, 1.82) is 0 Å². The van der Waals surface area contributed by atoms with E-state index in [9.17, 15) is 14.7 Å². The number of methoxy groups -OCH3 is 1. The van der Waals surface area contributed by atoms with Gasteiger partial charge in [-0.15, -0.1) is 0 Å². The number of nitrogens with one attached hydrogen (secondary N) is 2. The van der Waals surface area contributed by atoms with Crippen molar-refractivity contribution >= 4 is 34.1 Å². The first kappa shape index (κ1) is 25.4. The molecule has 5 rings (SSSR count). The van der Waals surface area contributed by atoms with E-state index in [0.717, 1.165) is 18.7 Å². The quantitative estimate of drug-likeness (QED) is 0.203. The van der Waals surface area contributed by atoms with Gasteiger partial charge in [-0.1, -0.05) is 36.4 Å². The van der Waals surface area contributed by atoms with Gasteiger partial charge in [-0.3, -0.25) is 4.79 Å². The molecule has 0 radical (unpaired) electrons. The Morgan fingerprint density at radius 2 is 1.71 bits per heavy atom. The summed E-state index contributed by atoms with van der Waals surface area (Å²) >= 11 is 0. The van der Waals surface area contributed by atoms with Crippen LogP contribution >= 0.6 is 0 Å². The number of hydrogen-bond acceptors (Lipinski definition) is 7. The monoisotopic (exact) mass is 510 g/mol. The van der Waals surface area contributed by atoms with Crippen LogP contribution in [0.4, 0.5) is 5.69 Å². The summed E-state index contributed by atoms with van der Waals surface area (Å²) in [6.07, 6.45) is 0. The molecule has 1 fully saturated rings. The molecule has 3 N–H and O–H groups in total. The number of benzene rings is 3. The number of piperazine rings is 1. The molecule has 0 spiro atoms. The summed E-state index contributed by atoms with van der Waals surface area (Å²) in [5.74, 6) is -0.463. The van der Waals surface area contributed by atoms with Gasteiger partial charge in [0.2, 0.25) is 0 Å². The van der Waals surface area contributed by atoms with Crippen molar-refractivity contribution in [3.05, 3.63) is 95.1 Å². The van der Waals surface area contributed by atoms with Crippen molar-refractivity contribution < 1.29 is 19.4 Å². The predicted octanol–water partition coefficient (Wildman–Crippen LogP) is 4.30. The topological polar surface area (TPSA) is 107 Å². The lowest BCUT2D eigenvalue weighted by Gasteiger charge is -2.36. The largest absolute Gasteiger partial charge is 0.494 e. The van der Waals surface area contributed by atoms with Crippen molar-refractivity contribution in [2.45, 2.75) is 19.0 Å². The van der Waals surface area contributed by atoms with E-state index in [1.807, 2.05) is 49.5 Å². The van der Waals surface area contributed by atoms with Crippen LogP contribution in [-0.4, -0.2) is 71.8 Å². The van der Waals surface area contributed by atoms with Crippen LogP contribution in [0.15, 0.2) is 77.8 Å². The van der Waals surface area contributed by atoms with Crippen molar-refractivity contribution in [3.8, 4) is 5.88 Å². The molecular formula is C30H30N4O4. The number of carbonyl (C=O) groups is 2. The van der Waals surface area contributed by atoms with Crippen LogP contribution in [0.1, 0.15) is 38.8 Å². The molecule has 4 aromatic rings. The molecule has 1 aromatic heterocycles. The smallest absolute Gasteiger partial charge is 0.337 e. The minimum atomic E-state index is -0.460. The molecule has 8 heteroatoms. The fraction of sp³-hybridized carbons (Fsp3) is 0.233. The van der Waals surface area contributed by atoms with Crippen LogP contribution in [0.5, 0.6) is 5.88 Å². The van der Waals surface area contributed by atoms with Crippen LogP contribution in [0.25, 0.3) is 10.9 Å². The van der Waals surface area contributed by atoms with Crippen LogP contribution < -0.4 is 5.32 Å². The maximum atomic E-state index is 13.2. The Bertz CT molecular complexity index is 1510. The first-order valence-corrected chi connectivity index (χ1v) is 12.5. The highest BCUT2D eigenvalue weighted by Crippen LogP contribution is 2.32. The van der Waals surface area contributed by atoms with Crippen molar-refractivity contribution in [3.63, 3.8) is 0 Å². The number of Topliss-reactive ketones (excluding diaryl/α,β-unsaturated/α-hetero) is 1. The predicted molar refractivity (Wildman–Crippen MR) is 148 cm³/mol. The third-order valence-electron chi connectivity index (χ3n) is 7.17. The lowest BCUT2D eigenvalue weighted by atomic mass is 9.96. The number of hydrogen-bond donors (Lipinski definition) is 3. The van der Waals surface area contributed by atoms with Gasteiger partial charge in [0.15, 0.2) is 11.7 Å². The van der Waals surface area contributed by atoms with Gasteiger partial charge in [0, 0.05) is 41.2 Å². The fourth-order valence-electron chi connectivity index (χ4n) is 4.87. The third-order valence-corrected chi connectivity index (χ3v) is 7.17. The molecule has 0 aliphatic carbocycles. The number of rotatable bonds is 6. The van der Waals surface area contributed by atoms with E-state index < -0.39 is 5.97 Å². The van der Waals surface area contributed by atoms with E-state index in [1.165, 1.54) is 7.11 Å². The number of fused-ring (bicyclic) bond motifs is 1. The van der Waals surface area contributed by atoms with Gasteiger partial charge in [-0.25, -0.2) is 9.79 Å². The summed E-state index contributed by atoms with van der Waals surface area (Å²) in [5.41, 5.74) is 4.11. The standard InChI is InChI=1S/C30H30N4O4/c1-18-26(31-15-16-34(18)2)28(35)20-9-12-22(13-10-20)32-27(19-7-5-4-6-8-19)25-23-14-11-21(30(37)38-3)17-24(23)33-29(25)36/h4-14,17-18,26,31,33,36H,15-16H2,1-3H3/t18-,26?/m0/s1. The Hall–Kier alpha value is -4.27. The average Bonchev–Trinajstić information content (AvgIpc) is 3.27. The maximum Gasteiger partial charge on any atom is 0.337 e. The Labute approximate surface area is 221 Å². The highest BCUT2D eigenvalue weighted by molar-refractivity contribution is 6.22. The Morgan fingerprint density at radius 3 is 2.42 bits per heavy atom. The zero-order valence-corrected chi connectivity index (χ0v) is 21.6. The minimum absolute atomic E-state index is 0.0542. The normalized spacial score (nSPS) is 18.4. The Morgan fingerprint density at radius 1 is 1.00 bits per heavy atom. The Kier molecular flexibility index (Phi) is 7.09. The molecule has 2 atom stereocenters. The number of aromatic amines is 1. The van der Waals surface area contributed by atoms with Gasteiger partial charge in [-0.2, -0.15) is 0 Å². The summed E-state index contributed by atoms with van der Waals surface area (Å²) in [5, 5.41) is 15.0. The molecule has 3 aromatic carbocycles. The van der Waals surface area contributed by atoms with Crippen molar-refractivity contribution in [1.82, 2.24) is 15.2 Å². The number of likely N-dealkylation sites (N-methyl/N-ethyl adjacent to an activating group) is 1. The van der Waals surface area contributed by atoms with E-state index in [0.29, 0.717) is 39.0 Å². The summed E-state index contributed by atoms with van der Waals surface area (Å²) in [6.45, 7) is 3.74. The molecule has 0 saturated carbocycles. The van der Waals surface area contributed by atoms with E-state index in [-0.39, 0.29) is 23.7 Å². The maximum absolute atomic E-state index is 13.2. The number of aromatic nitrogens is 1. The van der Waals surface area contributed by atoms with Gasteiger partial charge in [0.25, 0.3) is 0 Å². The van der Waals surface area contributed by atoms with Gasteiger partial charge < -0.3 is 25.0 Å². The summed E-state index contributed by atoms with van der Waals surface area (Å²) < 4.78 is 4.82. The second kappa shape index (κ2) is 10.6. The molecular weight excluding hydrogens is 480 g/mol. The van der Waals surface area contributed by atoms with E-state index in [2.05, 4.69) is 22.1 Å². The average molecular weight is 511 g/mol. The van der Waals surface area contributed by atoms with Gasteiger partial charge in [0.1, 0.15) is 0 Å². The van der Waals surface area contributed by atoms with E-state index in [4.69, 9.17) is 9.73 Å². The first-order chi connectivity index (χ1) is 18.4. The number of nitrogens with zero attached hydrogens (tertiary/aromatic N) is 2. The van der Waals surface area contributed by atoms with Crippen LogP contribution in [-0.2, 0) is 4.74 Å². The molecule has 1 aliphatic heterocycles. The summed E-state index contributed by atoms with van der Waals surface area (Å²) in [6, 6.07) is 21.7. The third kappa shape index (κ3) is 4.83. The highest BCUT2D eigenvalue weighted by atomic mass is 16.5. The zero-order valence-electron chi connectivity index (χ0n) is 21.6. The van der Waals surface area contributed by atoms with E-state index in [1.54, 1.807) is 30.3 Å². The van der Waals surface area contributed by atoms with Gasteiger partial charge >= 0.3 is 5.97 Å². The molecule has 1 saturated heterocycles. The van der Waals surface area contributed by atoms with Crippen LogP contribution in [0, 0.1) is 0 Å². The van der Waals surface area contributed by atoms with Crippen molar-refractivity contribution in [2.24, 2.45) is 4.99 Å². The lowest BCUT2D eigenvalue weighted by Crippen LogP contribution is -2.58. The molecule has 8 nitrogen and oxygen atoms in total.